The van der Waals surface area contributed by atoms with Crippen LogP contribution in [0.1, 0.15) is 17.3 Å². The summed E-state index contributed by atoms with van der Waals surface area (Å²) in [5.41, 5.74) is 0.440. The lowest BCUT2D eigenvalue weighted by atomic mass is 10.1. The molecule has 1 rings (SSSR count). The third-order valence-corrected chi connectivity index (χ3v) is 2.17. The largest absolute Gasteiger partial charge is 0.497 e. The molecule has 0 atom stereocenters. The Labute approximate surface area is 99.7 Å². The zero-order valence-corrected chi connectivity index (χ0v) is 10.1. The number of ether oxygens (including phenoxy) is 2. The van der Waals surface area contributed by atoms with Crippen LogP contribution in [0, 0.1) is 0 Å². The van der Waals surface area contributed by atoms with Gasteiger partial charge in [0.05, 0.1) is 20.8 Å². The fourth-order valence-electron chi connectivity index (χ4n) is 1.28. The second-order valence-corrected chi connectivity index (χ2v) is 3.43. The van der Waals surface area contributed by atoms with Gasteiger partial charge in [0.2, 0.25) is 5.91 Å². The van der Waals surface area contributed by atoms with Crippen LogP contribution in [0.25, 0.3) is 0 Å². The van der Waals surface area contributed by atoms with Crippen molar-refractivity contribution in [3.05, 3.63) is 23.8 Å². The zero-order chi connectivity index (χ0) is 12.8. The fraction of sp³-hybridized carbons (Fsp3) is 0.333. The first-order valence-electron chi connectivity index (χ1n) is 5.07. The number of nitrogens with one attached hydrogen (secondary N) is 1. The molecule has 0 spiro atoms. The van der Waals surface area contributed by atoms with E-state index in [2.05, 4.69) is 5.32 Å². The number of rotatable bonds is 5. The average molecular weight is 237 g/mol. The molecule has 17 heavy (non-hydrogen) atoms. The summed E-state index contributed by atoms with van der Waals surface area (Å²) in [6.07, 6.45) is 0. The van der Waals surface area contributed by atoms with E-state index in [-0.39, 0.29) is 18.2 Å². The maximum Gasteiger partial charge on any atom is 0.217 e. The summed E-state index contributed by atoms with van der Waals surface area (Å²) in [5, 5.41) is 2.45. The number of carbonyl (C=O) groups is 2. The van der Waals surface area contributed by atoms with Crippen LogP contribution in [-0.4, -0.2) is 32.5 Å². The summed E-state index contributed by atoms with van der Waals surface area (Å²) < 4.78 is 10.1. The van der Waals surface area contributed by atoms with E-state index in [4.69, 9.17) is 9.47 Å². The quantitative estimate of drug-likeness (QED) is 0.777. The molecule has 1 aromatic carbocycles. The molecule has 0 radical (unpaired) electrons. The van der Waals surface area contributed by atoms with E-state index in [0.29, 0.717) is 17.1 Å². The van der Waals surface area contributed by atoms with Gasteiger partial charge < -0.3 is 14.8 Å². The van der Waals surface area contributed by atoms with Gasteiger partial charge in [0.25, 0.3) is 0 Å². The maximum absolute atomic E-state index is 11.8. The van der Waals surface area contributed by atoms with E-state index in [1.807, 2.05) is 0 Å². The van der Waals surface area contributed by atoms with E-state index >= 15 is 0 Å². The Hall–Kier alpha value is -2.04. The molecule has 0 bridgehead atoms. The number of Topliss-reactive ketones (excluding diaryl/α,β-unsaturated/α-hetero) is 1. The van der Waals surface area contributed by atoms with E-state index in [1.54, 1.807) is 18.2 Å². The van der Waals surface area contributed by atoms with Crippen LogP contribution in [0.2, 0.25) is 0 Å². The maximum atomic E-state index is 11.8. The van der Waals surface area contributed by atoms with Crippen molar-refractivity contribution in [2.45, 2.75) is 6.92 Å². The number of amides is 1. The number of carbonyl (C=O) groups excluding carboxylic acids is 2. The van der Waals surface area contributed by atoms with Crippen LogP contribution in [0.4, 0.5) is 0 Å². The van der Waals surface area contributed by atoms with Crippen molar-refractivity contribution in [1.29, 1.82) is 0 Å². The smallest absolute Gasteiger partial charge is 0.217 e. The third-order valence-electron chi connectivity index (χ3n) is 2.17. The lowest BCUT2D eigenvalue weighted by molar-refractivity contribution is -0.118. The zero-order valence-electron chi connectivity index (χ0n) is 10.1. The van der Waals surface area contributed by atoms with Crippen molar-refractivity contribution in [2.24, 2.45) is 0 Å². The van der Waals surface area contributed by atoms with Gasteiger partial charge in [-0.3, -0.25) is 9.59 Å². The minimum atomic E-state index is -0.242. The third kappa shape index (κ3) is 3.79. The molecular weight excluding hydrogens is 222 g/mol. The topological polar surface area (TPSA) is 64.6 Å². The van der Waals surface area contributed by atoms with Crippen molar-refractivity contribution in [2.75, 3.05) is 20.8 Å². The van der Waals surface area contributed by atoms with Crippen molar-refractivity contribution in [3.63, 3.8) is 0 Å². The van der Waals surface area contributed by atoms with Gasteiger partial charge in [-0.15, -0.1) is 0 Å². The Morgan fingerprint density at radius 2 is 1.65 bits per heavy atom. The van der Waals surface area contributed by atoms with E-state index in [0.717, 1.165) is 0 Å². The highest BCUT2D eigenvalue weighted by atomic mass is 16.5. The molecule has 0 saturated heterocycles. The Morgan fingerprint density at radius 1 is 1.12 bits per heavy atom. The first kappa shape index (κ1) is 13.0. The lowest BCUT2D eigenvalue weighted by Gasteiger charge is -2.08. The molecule has 0 aliphatic carbocycles. The number of benzene rings is 1. The molecule has 1 amide bonds. The first-order chi connectivity index (χ1) is 8.06. The second kappa shape index (κ2) is 5.89. The second-order valence-electron chi connectivity index (χ2n) is 3.43. The molecule has 0 fully saturated rings. The number of hydrogen-bond donors (Lipinski definition) is 1. The molecule has 1 N–H and O–H groups in total. The van der Waals surface area contributed by atoms with Crippen LogP contribution in [0.15, 0.2) is 18.2 Å². The van der Waals surface area contributed by atoms with Gasteiger partial charge >= 0.3 is 0 Å². The van der Waals surface area contributed by atoms with Crippen molar-refractivity contribution in [3.8, 4) is 11.5 Å². The Morgan fingerprint density at radius 3 is 2.06 bits per heavy atom. The van der Waals surface area contributed by atoms with E-state index in [1.165, 1.54) is 21.1 Å². The molecule has 92 valence electrons. The van der Waals surface area contributed by atoms with Crippen molar-refractivity contribution < 1.29 is 19.1 Å². The molecular formula is C12H15NO4. The van der Waals surface area contributed by atoms with E-state index in [9.17, 15) is 9.59 Å². The van der Waals surface area contributed by atoms with Gasteiger partial charge in [0.15, 0.2) is 5.78 Å². The van der Waals surface area contributed by atoms with Crippen LogP contribution in [0.3, 0.4) is 0 Å². The summed E-state index contributed by atoms with van der Waals surface area (Å²) in [6.45, 7) is 1.32. The molecule has 5 nitrogen and oxygen atoms in total. The summed E-state index contributed by atoms with van der Waals surface area (Å²) in [7, 11) is 3.02. The minimum Gasteiger partial charge on any atom is -0.497 e. The summed E-state index contributed by atoms with van der Waals surface area (Å²) in [6, 6.07) is 4.88. The molecule has 5 heteroatoms. The van der Waals surface area contributed by atoms with Crippen LogP contribution in [-0.2, 0) is 4.79 Å². The first-order valence-corrected chi connectivity index (χ1v) is 5.07. The monoisotopic (exact) mass is 237 g/mol. The molecule has 0 saturated carbocycles. The number of ketones is 1. The highest BCUT2D eigenvalue weighted by Gasteiger charge is 2.10. The Bertz CT molecular complexity index is 406. The highest BCUT2D eigenvalue weighted by molar-refractivity contribution is 5.99. The van der Waals surface area contributed by atoms with Crippen molar-refractivity contribution in [1.82, 2.24) is 5.32 Å². The van der Waals surface area contributed by atoms with Gasteiger partial charge in [-0.25, -0.2) is 0 Å². The van der Waals surface area contributed by atoms with Gasteiger partial charge in [0, 0.05) is 18.6 Å². The standard InChI is InChI=1S/C12H15NO4/c1-8(14)13-7-12(15)9-4-10(16-2)6-11(5-9)17-3/h4-6H,7H2,1-3H3,(H,13,14). The summed E-state index contributed by atoms with van der Waals surface area (Å²) in [4.78, 5) is 22.5. The normalized spacial score (nSPS) is 9.59. The summed E-state index contributed by atoms with van der Waals surface area (Å²) in [5.74, 6) is 0.636. The Balaban J connectivity index is 2.88. The summed E-state index contributed by atoms with van der Waals surface area (Å²) >= 11 is 0. The minimum absolute atomic E-state index is 0.0361. The predicted octanol–water partition coefficient (Wildman–Crippen LogP) is 1.02. The van der Waals surface area contributed by atoms with Gasteiger partial charge in [-0.2, -0.15) is 0 Å². The fourth-order valence-corrected chi connectivity index (χ4v) is 1.28. The molecule has 0 aliphatic rings. The molecule has 0 aliphatic heterocycles. The molecule has 1 aromatic rings. The van der Waals surface area contributed by atoms with Crippen LogP contribution < -0.4 is 14.8 Å². The average Bonchev–Trinajstić information content (AvgIpc) is 2.34. The number of methoxy groups -OCH3 is 2. The Kier molecular flexibility index (Phi) is 4.51. The lowest BCUT2D eigenvalue weighted by Crippen LogP contribution is -2.27. The van der Waals surface area contributed by atoms with Gasteiger partial charge in [-0.1, -0.05) is 0 Å². The van der Waals surface area contributed by atoms with Crippen LogP contribution >= 0.6 is 0 Å². The van der Waals surface area contributed by atoms with E-state index < -0.39 is 0 Å². The van der Waals surface area contributed by atoms with Crippen LogP contribution in [0.5, 0.6) is 11.5 Å². The van der Waals surface area contributed by atoms with Gasteiger partial charge in [0.1, 0.15) is 11.5 Å². The highest BCUT2D eigenvalue weighted by Crippen LogP contribution is 2.22. The van der Waals surface area contributed by atoms with Crippen molar-refractivity contribution >= 4 is 11.7 Å². The van der Waals surface area contributed by atoms with Gasteiger partial charge in [-0.05, 0) is 12.1 Å². The molecule has 0 heterocycles. The molecule has 0 unspecified atom stereocenters. The predicted molar refractivity (Wildman–Crippen MR) is 62.6 cm³/mol. The number of hydrogen-bond acceptors (Lipinski definition) is 4. The SMILES string of the molecule is COc1cc(OC)cc(C(=O)CNC(C)=O)c1. The molecule has 0 aromatic heterocycles.